The number of carbonyl (C=O) groups excluding carboxylic acids is 1. The third-order valence-corrected chi connectivity index (χ3v) is 3.46. The van der Waals surface area contributed by atoms with Crippen molar-refractivity contribution in [1.29, 1.82) is 0 Å². The van der Waals surface area contributed by atoms with Gasteiger partial charge >= 0.3 is 0 Å². The second-order valence-electron chi connectivity index (χ2n) is 4.79. The van der Waals surface area contributed by atoms with E-state index in [1.165, 1.54) is 19.3 Å². The van der Waals surface area contributed by atoms with Crippen LogP contribution in [0, 0.1) is 0 Å². The summed E-state index contributed by atoms with van der Waals surface area (Å²) in [7, 11) is 0. The van der Waals surface area contributed by atoms with E-state index in [0.717, 1.165) is 16.5 Å². The van der Waals surface area contributed by atoms with Gasteiger partial charge in [-0.3, -0.25) is 4.79 Å². The third-order valence-electron chi connectivity index (χ3n) is 2.93. The van der Waals surface area contributed by atoms with E-state index >= 15 is 0 Å². The topological polar surface area (TPSA) is 29.1 Å². The fraction of sp³-hybridized carbons (Fsp3) is 0.438. The molecular weight excluding hydrogens is 302 g/mol. The molecular formula is C16H22BrNO. The molecule has 2 nitrogen and oxygen atoms in total. The summed E-state index contributed by atoms with van der Waals surface area (Å²) in [5.74, 6) is -0.0214. The molecule has 3 heteroatoms. The number of unbranched alkanes of at least 4 members (excludes halogenated alkanes) is 2. The molecule has 0 aliphatic heterocycles. The summed E-state index contributed by atoms with van der Waals surface area (Å²) < 4.78 is 1.04. The molecule has 0 fully saturated rings. The van der Waals surface area contributed by atoms with Gasteiger partial charge in [0.2, 0.25) is 5.91 Å². The zero-order valence-corrected chi connectivity index (χ0v) is 13.2. The number of amides is 1. The summed E-state index contributed by atoms with van der Waals surface area (Å²) in [6.45, 7) is 4.24. The Hall–Kier alpha value is -1.09. The predicted octanol–water partition coefficient (Wildman–Crippen LogP) is 4.55. The molecule has 0 radical (unpaired) electrons. The maximum absolute atomic E-state index is 11.7. The highest BCUT2D eigenvalue weighted by atomic mass is 79.9. The van der Waals surface area contributed by atoms with E-state index in [0.29, 0.717) is 0 Å². The van der Waals surface area contributed by atoms with Gasteiger partial charge in [0.1, 0.15) is 0 Å². The van der Waals surface area contributed by atoms with E-state index in [9.17, 15) is 4.79 Å². The summed E-state index contributed by atoms with van der Waals surface area (Å²) >= 11 is 3.38. The van der Waals surface area contributed by atoms with Crippen molar-refractivity contribution in [3.8, 4) is 0 Å². The molecule has 0 aliphatic rings. The first-order chi connectivity index (χ1) is 9.11. The van der Waals surface area contributed by atoms with Crippen LogP contribution in [-0.2, 0) is 4.79 Å². The molecule has 1 N–H and O–H groups in total. The van der Waals surface area contributed by atoms with Gasteiger partial charge in [0.25, 0.3) is 0 Å². The fourth-order valence-corrected chi connectivity index (χ4v) is 2.07. The minimum Gasteiger partial charge on any atom is -0.350 e. The molecule has 0 heterocycles. The Balaban J connectivity index is 2.35. The lowest BCUT2D eigenvalue weighted by atomic mass is 10.1. The molecule has 104 valence electrons. The van der Waals surface area contributed by atoms with Crippen LogP contribution in [0.25, 0.3) is 6.08 Å². The lowest BCUT2D eigenvalue weighted by Gasteiger charge is -2.11. The van der Waals surface area contributed by atoms with E-state index in [-0.39, 0.29) is 11.9 Å². The fourth-order valence-electron chi connectivity index (χ4n) is 1.81. The molecule has 0 saturated heterocycles. The zero-order valence-electron chi connectivity index (χ0n) is 11.7. The predicted molar refractivity (Wildman–Crippen MR) is 84.9 cm³/mol. The van der Waals surface area contributed by atoms with Gasteiger partial charge in [0, 0.05) is 16.6 Å². The first kappa shape index (κ1) is 16.0. The van der Waals surface area contributed by atoms with E-state index in [2.05, 4.69) is 35.1 Å². The van der Waals surface area contributed by atoms with Gasteiger partial charge in [-0.25, -0.2) is 0 Å². The number of hydrogen-bond donors (Lipinski definition) is 1. The molecule has 1 aromatic rings. The first-order valence-electron chi connectivity index (χ1n) is 6.86. The number of carbonyl (C=O) groups is 1. The monoisotopic (exact) mass is 323 g/mol. The van der Waals surface area contributed by atoms with E-state index in [1.54, 1.807) is 6.08 Å². The van der Waals surface area contributed by atoms with Gasteiger partial charge < -0.3 is 5.32 Å². The summed E-state index contributed by atoms with van der Waals surface area (Å²) in [5.41, 5.74) is 1.02. The molecule has 1 atom stereocenters. The summed E-state index contributed by atoms with van der Waals surface area (Å²) in [4.78, 5) is 11.7. The van der Waals surface area contributed by atoms with Crippen LogP contribution >= 0.6 is 15.9 Å². The average molecular weight is 324 g/mol. The third kappa shape index (κ3) is 7.16. The van der Waals surface area contributed by atoms with Crippen molar-refractivity contribution in [2.75, 3.05) is 0 Å². The zero-order chi connectivity index (χ0) is 14.1. The second kappa shape index (κ2) is 8.92. The molecule has 1 aromatic carbocycles. The molecule has 0 aliphatic carbocycles. The molecule has 0 aromatic heterocycles. The summed E-state index contributed by atoms with van der Waals surface area (Å²) in [6.07, 6.45) is 8.10. The van der Waals surface area contributed by atoms with Gasteiger partial charge in [-0.1, -0.05) is 54.2 Å². The quantitative estimate of drug-likeness (QED) is 0.579. The Kier molecular flexibility index (Phi) is 7.49. The van der Waals surface area contributed by atoms with Crippen LogP contribution in [-0.4, -0.2) is 11.9 Å². The van der Waals surface area contributed by atoms with Crippen molar-refractivity contribution in [3.63, 3.8) is 0 Å². The van der Waals surface area contributed by atoms with Crippen molar-refractivity contribution in [2.24, 2.45) is 0 Å². The van der Waals surface area contributed by atoms with Crippen molar-refractivity contribution < 1.29 is 4.79 Å². The Labute approximate surface area is 124 Å². The Morgan fingerprint density at radius 1 is 1.32 bits per heavy atom. The van der Waals surface area contributed by atoms with Crippen LogP contribution in [0.2, 0.25) is 0 Å². The SMILES string of the molecule is CCCCCC(C)NC(=O)C=Cc1ccc(Br)cc1. The number of benzene rings is 1. The average Bonchev–Trinajstić information content (AvgIpc) is 2.38. The number of hydrogen-bond acceptors (Lipinski definition) is 1. The van der Waals surface area contributed by atoms with Crippen LogP contribution in [0.15, 0.2) is 34.8 Å². The van der Waals surface area contributed by atoms with Gasteiger partial charge in [-0.15, -0.1) is 0 Å². The molecule has 0 saturated carbocycles. The molecule has 19 heavy (non-hydrogen) atoms. The number of rotatable bonds is 7. The van der Waals surface area contributed by atoms with Gasteiger partial charge in [0.15, 0.2) is 0 Å². The maximum atomic E-state index is 11.7. The van der Waals surface area contributed by atoms with E-state index in [1.807, 2.05) is 30.3 Å². The first-order valence-corrected chi connectivity index (χ1v) is 7.65. The second-order valence-corrected chi connectivity index (χ2v) is 5.71. The molecule has 1 amide bonds. The van der Waals surface area contributed by atoms with Crippen LogP contribution in [0.3, 0.4) is 0 Å². The van der Waals surface area contributed by atoms with Crippen LogP contribution in [0.4, 0.5) is 0 Å². The smallest absolute Gasteiger partial charge is 0.244 e. The van der Waals surface area contributed by atoms with Crippen LogP contribution in [0.1, 0.15) is 45.1 Å². The molecule has 0 bridgehead atoms. The normalized spacial score (nSPS) is 12.6. The summed E-state index contributed by atoms with van der Waals surface area (Å²) in [5, 5.41) is 2.99. The summed E-state index contributed by atoms with van der Waals surface area (Å²) in [6, 6.07) is 8.11. The van der Waals surface area contributed by atoms with Crippen molar-refractivity contribution in [2.45, 2.75) is 45.6 Å². The minimum absolute atomic E-state index is 0.0214. The Morgan fingerprint density at radius 3 is 2.63 bits per heavy atom. The van der Waals surface area contributed by atoms with Crippen molar-refractivity contribution in [3.05, 3.63) is 40.4 Å². The van der Waals surface area contributed by atoms with Crippen molar-refractivity contribution >= 4 is 27.9 Å². The Morgan fingerprint density at radius 2 is 2.00 bits per heavy atom. The lowest BCUT2D eigenvalue weighted by molar-refractivity contribution is -0.117. The Bertz CT molecular complexity index is 411. The molecule has 1 rings (SSSR count). The highest BCUT2D eigenvalue weighted by Gasteiger charge is 2.03. The highest BCUT2D eigenvalue weighted by molar-refractivity contribution is 9.10. The van der Waals surface area contributed by atoms with Gasteiger partial charge in [0.05, 0.1) is 0 Å². The minimum atomic E-state index is -0.0214. The van der Waals surface area contributed by atoms with Crippen molar-refractivity contribution in [1.82, 2.24) is 5.32 Å². The molecule has 0 spiro atoms. The maximum Gasteiger partial charge on any atom is 0.244 e. The standard InChI is InChI=1S/C16H22BrNO/c1-3-4-5-6-13(2)18-16(19)12-9-14-7-10-15(17)11-8-14/h7-13H,3-6H2,1-2H3,(H,18,19). The van der Waals surface area contributed by atoms with E-state index in [4.69, 9.17) is 0 Å². The number of halogens is 1. The van der Waals surface area contributed by atoms with E-state index < -0.39 is 0 Å². The molecule has 1 unspecified atom stereocenters. The van der Waals surface area contributed by atoms with Crippen LogP contribution in [0.5, 0.6) is 0 Å². The van der Waals surface area contributed by atoms with Gasteiger partial charge in [-0.05, 0) is 37.1 Å². The lowest BCUT2D eigenvalue weighted by Crippen LogP contribution is -2.30. The van der Waals surface area contributed by atoms with Crippen LogP contribution < -0.4 is 5.32 Å². The largest absolute Gasteiger partial charge is 0.350 e. The highest BCUT2D eigenvalue weighted by Crippen LogP contribution is 2.11. The number of nitrogens with one attached hydrogen (secondary N) is 1. The van der Waals surface area contributed by atoms with Gasteiger partial charge in [-0.2, -0.15) is 0 Å².